The van der Waals surface area contributed by atoms with E-state index in [0.29, 0.717) is 17.0 Å². The summed E-state index contributed by atoms with van der Waals surface area (Å²) < 4.78 is 6.86. The Hall–Kier alpha value is -3.72. The Kier molecular flexibility index (Phi) is 7.16. The minimum Gasteiger partial charge on any atom is -0.497 e. The third-order valence-corrected chi connectivity index (χ3v) is 6.91. The molecule has 0 radical (unpaired) electrons. The minimum atomic E-state index is -0.850. The number of carbonyl (C=O) groups excluding carboxylic acids is 2. The van der Waals surface area contributed by atoms with Gasteiger partial charge in [0.25, 0.3) is 0 Å². The van der Waals surface area contributed by atoms with Crippen LogP contribution in [0.2, 0.25) is 0 Å². The van der Waals surface area contributed by atoms with E-state index in [1.807, 2.05) is 62.5 Å². The Morgan fingerprint density at radius 2 is 1.86 bits per heavy atom. The zero-order chi connectivity index (χ0) is 25.0. The first-order valence-electron chi connectivity index (χ1n) is 11.4. The monoisotopic (exact) mass is 491 g/mol. The Balaban J connectivity index is 1.77. The van der Waals surface area contributed by atoms with Crippen LogP contribution in [0.1, 0.15) is 38.1 Å². The van der Waals surface area contributed by atoms with E-state index < -0.39 is 11.6 Å². The van der Waals surface area contributed by atoms with Gasteiger partial charge in [0.1, 0.15) is 23.9 Å². The molecule has 0 spiro atoms. The number of carbonyl (C=O) groups is 2. The van der Waals surface area contributed by atoms with Crippen molar-refractivity contribution in [3.05, 3.63) is 70.9 Å². The molecule has 182 valence electrons. The minimum absolute atomic E-state index is 0.0706. The molecule has 35 heavy (non-hydrogen) atoms. The SMILES string of the molecule is CCC(C)(C)NC(=O)[C@H](c1cccs1)N(C(=O)Cn1nnc2ccccc21)c1ccc(OC)cc1. The van der Waals surface area contributed by atoms with Gasteiger partial charge < -0.3 is 10.1 Å². The number of nitrogens with zero attached hydrogens (tertiary/aromatic N) is 4. The smallest absolute Gasteiger partial charge is 0.249 e. The van der Waals surface area contributed by atoms with Crippen molar-refractivity contribution in [2.24, 2.45) is 0 Å². The molecule has 0 bridgehead atoms. The van der Waals surface area contributed by atoms with E-state index in [4.69, 9.17) is 4.74 Å². The maximum Gasteiger partial charge on any atom is 0.249 e. The Morgan fingerprint density at radius 3 is 2.51 bits per heavy atom. The van der Waals surface area contributed by atoms with Gasteiger partial charge in [-0.3, -0.25) is 14.5 Å². The molecule has 2 heterocycles. The first-order valence-corrected chi connectivity index (χ1v) is 12.3. The lowest BCUT2D eigenvalue weighted by Gasteiger charge is -2.34. The summed E-state index contributed by atoms with van der Waals surface area (Å²) in [5, 5.41) is 13.4. The molecule has 9 heteroatoms. The summed E-state index contributed by atoms with van der Waals surface area (Å²) in [6.45, 7) is 5.89. The van der Waals surface area contributed by atoms with Gasteiger partial charge in [-0.15, -0.1) is 16.4 Å². The number of rotatable bonds is 9. The highest BCUT2D eigenvalue weighted by molar-refractivity contribution is 7.10. The number of anilines is 1. The number of fused-ring (bicyclic) bond motifs is 1. The van der Waals surface area contributed by atoms with Crippen LogP contribution in [0.4, 0.5) is 5.69 Å². The molecular weight excluding hydrogens is 462 g/mol. The number of amides is 2. The van der Waals surface area contributed by atoms with Crippen molar-refractivity contribution in [1.82, 2.24) is 20.3 Å². The molecule has 1 N–H and O–H groups in total. The predicted molar refractivity (Wildman–Crippen MR) is 138 cm³/mol. The quantitative estimate of drug-likeness (QED) is 0.370. The van der Waals surface area contributed by atoms with Gasteiger partial charge >= 0.3 is 0 Å². The molecule has 2 amide bonds. The van der Waals surface area contributed by atoms with Crippen molar-refractivity contribution in [1.29, 1.82) is 0 Å². The fourth-order valence-electron chi connectivity index (χ4n) is 3.73. The van der Waals surface area contributed by atoms with Crippen molar-refractivity contribution in [2.75, 3.05) is 12.0 Å². The standard InChI is InChI=1S/C26H29N5O3S/c1-5-26(2,3)27-25(33)24(22-11-8-16-35-22)31(18-12-14-19(34-4)15-13-18)23(32)17-30-21-10-7-6-9-20(21)28-29-30/h6-16,24H,5,17H2,1-4H3,(H,27,33)/t24-/m0/s1. The molecule has 0 unspecified atom stereocenters. The van der Waals surface area contributed by atoms with Crippen molar-refractivity contribution in [3.8, 4) is 5.75 Å². The van der Waals surface area contributed by atoms with Crippen LogP contribution in [-0.4, -0.2) is 39.5 Å². The van der Waals surface area contributed by atoms with Gasteiger partial charge in [0, 0.05) is 16.1 Å². The van der Waals surface area contributed by atoms with Crippen LogP contribution in [0.3, 0.4) is 0 Å². The lowest BCUT2D eigenvalue weighted by Crippen LogP contribution is -2.50. The molecule has 0 aliphatic carbocycles. The lowest BCUT2D eigenvalue weighted by atomic mass is 10.0. The highest BCUT2D eigenvalue weighted by Gasteiger charge is 2.36. The summed E-state index contributed by atoms with van der Waals surface area (Å²) in [5.74, 6) is 0.133. The molecular formula is C26H29N5O3S. The van der Waals surface area contributed by atoms with Crippen LogP contribution in [0.5, 0.6) is 5.75 Å². The van der Waals surface area contributed by atoms with Crippen LogP contribution in [0.25, 0.3) is 11.0 Å². The third kappa shape index (κ3) is 5.35. The van der Waals surface area contributed by atoms with Crippen LogP contribution in [0, 0.1) is 0 Å². The molecule has 8 nitrogen and oxygen atoms in total. The van der Waals surface area contributed by atoms with E-state index in [2.05, 4.69) is 15.6 Å². The van der Waals surface area contributed by atoms with Gasteiger partial charge in [0.05, 0.1) is 12.6 Å². The summed E-state index contributed by atoms with van der Waals surface area (Å²) in [5.41, 5.74) is 1.61. The summed E-state index contributed by atoms with van der Waals surface area (Å²) in [4.78, 5) is 29.9. The fraction of sp³-hybridized carbons (Fsp3) is 0.308. The van der Waals surface area contributed by atoms with E-state index in [9.17, 15) is 9.59 Å². The lowest BCUT2D eigenvalue weighted by molar-refractivity contribution is -0.128. The number of thiophene rings is 1. The molecule has 1 atom stereocenters. The largest absolute Gasteiger partial charge is 0.497 e. The molecule has 0 aliphatic heterocycles. The maximum atomic E-state index is 13.9. The predicted octanol–water partition coefficient (Wildman–Crippen LogP) is 4.58. The second kappa shape index (κ2) is 10.3. The number of benzene rings is 2. The van der Waals surface area contributed by atoms with E-state index in [0.717, 1.165) is 16.8 Å². The zero-order valence-electron chi connectivity index (χ0n) is 20.3. The molecule has 4 rings (SSSR count). The van der Waals surface area contributed by atoms with Crippen LogP contribution in [-0.2, 0) is 16.1 Å². The number of hydrogen-bond acceptors (Lipinski definition) is 6. The maximum absolute atomic E-state index is 13.9. The summed E-state index contributed by atoms with van der Waals surface area (Å²) in [6.07, 6.45) is 0.747. The molecule has 2 aromatic heterocycles. The van der Waals surface area contributed by atoms with Gasteiger partial charge in [-0.2, -0.15) is 0 Å². The van der Waals surface area contributed by atoms with Crippen molar-refractivity contribution >= 4 is 39.9 Å². The summed E-state index contributed by atoms with van der Waals surface area (Å²) in [7, 11) is 1.59. The van der Waals surface area contributed by atoms with Crippen molar-refractivity contribution in [3.63, 3.8) is 0 Å². The Bertz CT molecular complexity index is 1300. The average Bonchev–Trinajstić information content (AvgIpc) is 3.53. The highest BCUT2D eigenvalue weighted by Crippen LogP contribution is 2.33. The number of para-hydroxylation sites is 1. The Morgan fingerprint density at radius 1 is 1.11 bits per heavy atom. The van der Waals surface area contributed by atoms with E-state index in [-0.39, 0.29) is 18.4 Å². The average molecular weight is 492 g/mol. The van der Waals surface area contributed by atoms with E-state index in [1.54, 1.807) is 41.0 Å². The number of methoxy groups -OCH3 is 1. The van der Waals surface area contributed by atoms with E-state index in [1.165, 1.54) is 11.3 Å². The first kappa shape index (κ1) is 24.4. The number of nitrogens with one attached hydrogen (secondary N) is 1. The van der Waals surface area contributed by atoms with E-state index >= 15 is 0 Å². The molecule has 2 aromatic carbocycles. The zero-order valence-corrected chi connectivity index (χ0v) is 21.1. The van der Waals surface area contributed by atoms with Crippen LogP contribution >= 0.6 is 11.3 Å². The van der Waals surface area contributed by atoms with Gasteiger partial charge in [-0.25, -0.2) is 4.68 Å². The second-order valence-electron chi connectivity index (χ2n) is 8.84. The molecule has 0 saturated heterocycles. The second-order valence-corrected chi connectivity index (χ2v) is 9.82. The third-order valence-electron chi connectivity index (χ3n) is 5.99. The summed E-state index contributed by atoms with van der Waals surface area (Å²) >= 11 is 1.44. The molecule has 4 aromatic rings. The molecule has 0 saturated carbocycles. The first-order chi connectivity index (χ1) is 16.8. The van der Waals surface area contributed by atoms with Crippen LogP contribution < -0.4 is 15.0 Å². The van der Waals surface area contributed by atoms with Crippen molar-refractivity contribution in [2.45, 2.75) is 45.3 Å². The van der Waals surface area contributed by atoms with Crippen molar-refractivity contribution < 1.29 is 14.3 Å². The molecule has 0 fully saturated rings. The highest BCUT2D eigenvalue weighted by atomic mass is 32.1. The number of ether oxygens (including phenoxy) is 1. The van der Waals surface area contributed by atoms with Gasteiger partial charge in [0.2, 0.25) is 11.8 Å². The Labute approximate surface area is 208 Å². The number of aromatic nitrogens is 3. The fourth-order valence-corrected chi connectivity index (χ4v) is 4.54. The van der Waals surface area contributed by atoms with Gasteiger partial charge in [-0.1, -0.05) is 30.3 Å². The topological polar surface area (TPSA) is 89.4 Å². The molecule has 0 aliphatic rings. The van der Waals surface area contributed by atoms with Crippen LogP contribution in [0.15, 0.2) is 66.0 Å². The van der Waals surface area contributed by atoms with Gasteiger partial charge in [0.15, 0.2) is 0 Å². The normalized spacial score (nSPS) is 12.3. The van der Waals surface area contributed by atoms with Gasteiger partial charge in [-0.05, 0) is 68.1 Å². The number of hydrogen-bond donors (Lipinski definition) is 1. The summed E-state index contributed by atoms with van der Waals surface area (Å²) in [6, 6.07) is 17.5.